The summed E-state index contributed by atoms with van der Waals surface area (Å²) in [5, 5.41) is 0.789. The van der Waals surface area contributed by atoms with Crippen LogP contribution in [0.2, 0.25) is 0 Å². The van der Waals surface area contributed by atoms with Gasteiger partial charge in [-0.3, -0.25) is 9.88 Å². The van der Waals surface area contributed by atoms with Gasteiger partial charge in [-0.25, -0.2) is 13.2 Å². The van der Waals surface area contributed by atoms with Crippen LogP contribution in [-0.2, 0) is 21.4 Å². The van der Waals surface area contributed by atoms with Gasteiger partial charge in [0.2, 0.25) is 10.0 Å². The molecule has 1 aromatic heterocycles. The van der Waals surface area contributed by atoms with Crippen molar-refractivity contribution in [2.75, 3.05) is 18.0 Å². The molecule has 0 N–H and O–H groups in total. The van der Waals surface area contributed by atoms with Crippen molar-refractivity contribution in [1.82, 2.24) is 9.29 Å². The minimum absolute atomic E-state index is 0.121. The second-order valence-corrected chi connectivity index (χ2v) is 10.5. The van der Waals surface area contributed by atoms with Gasteiger partial charge in [0.1, 0.15) is 11.5 Å². The number of nitrogens with zero attached hydrogens (tertiary/aromatic N) is 3. The molecule has 7 nitrogen and oxygen atoms in total. The number of cyclic esters (lactones) is 1. The quantitative estimate of drug-likeness (QED) is 0.534. The molecule has 0 aliphatic carbocycles. The maximum Gasteiger partial charge on any atom is 0.414 e. The average Bonchev–Trinajstić information content (AvgIpc) is 2.79. The molecule has 0 atom stereocenters. The fraction of sp³-hybridized carbons (Fsp3) is 0.273. The summed E-state index contributed by atoms with van der Waals surface area (Å²) in [6.07, 6.45) is 2.28. The molecular weight excluding hydrogens is 482 g/mol. The Morgan fingerprint density at radius 1 is 1.06 bits per heavy atom. The van der Waals surface area contributed by atoms with Crippen molar-refractivity contribution in [2.24, 2.45) is 0 Å². The minimum Gasteiger partial charge on any atom is -0.444 e. The van der Waals surface area contributed by atoms with Crippen LogP contribution in [0.4, 0.5) is 10.5 Å². The number of pyridine rings is 1. The van der Waals surface area contributed by atoms with Crippen molar-refractivity contribution in [2.45, 2.75) is 30.4 Å². The standard InChI is InChI=1S/C22H20BrN3O4S/c23-17-6-7-19-16(13-17)14-30-22(27)26(19)18-8-11-25(12-9-18)31(28,29)20-5-1-3-15-4-2-10-24-21(15)20/h1-7,10,13,18H,8-9,11-12,14H2. The summed E-state index contributed by atoms with van der Waals surface area (Å²) in [6, 6.07) is 14.5. The number of rotatable bonds is 3. The molecule has 3 aromatic rings. The van der Waals surface area contributed by atoms with Gasteiger partial charge in [0.25, 0.3) is 0 Å². The molecule has 2 aliphatic rings. The predicted octanol–water partition coefficient (Wildman–Crippen LogP) is 4.31. The highest BCUT2D eigenvalue weighted by atomic mass is 79.9. The Labute approximate surface area is 188 Å². The molecule has 1 fully saturated rings. The number of piperidine rings is 1. The summed E-state index contributed by atoms with van der Waals surface area (Å²) in [5.41, 5.74) is 2.25. The van der Waals surface area contributed by atoms with Crippen LogP contribution in [0.1, 0.15) is 18.4 Å². The van der Waals surface area contributed by atoms with E-state index >= 15 is 0 Å². The van der Waals surface area contributed by atoms with Gasteiger partial charge in [0, 0.05) is 40.8 Å². The minimum atomic E-state index is -3.69. The van der Waals surface area contributed by atoms with Crippen molar-refractivity contribution in [3.8, 4) is 0 Å². The molecule has 3 heterocycles. The third-order valence-corrected chi connectivity index (χ3v) is 8.27. The van der Waals surface area contributed by atoms with E-state index in [1.54, 1.807) is 29.3 Å². The Morgan fingerprint density at radius 3 is 2.65 bits per heavy atom. The lowest BCUT2D eigenvalue weighted by atomic mass is 10.0. The maximum atomic E-state index is 13.4. The van der Waals surface area contributed by atoms with E-state index in [1.807, 2.05) is 30.3 Å². The predicted molar refractivity (Wildman–Crippen MR) is 120 cm³/mol. The van der Waals surface area contributed by atoms with Crippen LogP contribution in [0.15, 0.2) is 64.1 Å². The van der Waals surface area contributed by atoms with E-state index in [0.29, 0.717) is 31.4 Å². The molecule has 0 spiro atoms. The molecular formula is C22H20BrN3O4S. The van der Waals surface area contributed by atoms with Gasteiger partial charge < -0.3 is 4.74 Å². The third kappa shape index (κ3) is 3.60. The molecule has 2 aliphatic heterocycles. The van der Waals surface area contributed by atoms with Gasteiger partial charge in [-0.05, 0) is 43.2 Å². The first-order valence-electron chi connectivity index (χ1n) is 10.0. The van der Waals surface area contributed by atoms with E-state index in [9.17, 15) is 13.2 Å². The molecule has 0 bridgehead atoms. The van der Waals surface area contributed by atoms with Gasteiger partial charge >= 0.3 is 6.09 Å². The van der Waals surface area contributed by atoms with E-state index in [-0.39, 0.29) is 23.6 Å². The molecule has 160 valence electrons. The lowest BCUT2D eigenvalue weighted by Crippen LogP contribution is -2.50. The van der Waals surface area contributed by atoms with Gasteiger partial charge in [-0.2, -0.15) is 4.31 Å². The van der Waals surface area contributed by atoms with Crippen LogP contribution in [-0.4, -0.2) is 42.9 Å². The van der Waals surface area contributed by atoms with Crippen molar-refractivity contribution in [3.05, 3.63) is 64.8 Å². The number of carbonyl (C=O) groups excluding carboxylic acids is 1. The lowest BCUT2D eigenvalue weighted by Gasteiger charge is -2.39. The molecule has 5 rings (SSSR count). The molecule has 0 radical (unpaired) electrons. The fourth-order valence-corrected chi connectivity index (χ4v) is 6.37. The smallest absolute Gasteiger partial charge is 0.414 e. The van der Waals surface area contributed by atoms with E-state index in [0.717, 1.165) is 21.1 Å². The maximum absolute atomic E-state index is 13.4. The molecule has 1 saturated heterocycles. The zero-order valence-electron chi connectivity index (χ0n) is 16.6. The van der Waals surface area contributed by atoms with Gasteiger partial charge in [-0.15, -0.1) is 0 Å². The largest absolute Gasteiger partial charge is 0.444 e. The second-order valence-electron chi connectivity index (χ2n) is 7.66. The number of hydrogen-bond donors (Lipinski definition) is 0. The Morgan fingerprint density at radius 2 is 1.84 bits per heavy atom. The number of sulfonamides is 1. The highest BCUT2D eigenvalue weighted by molar-refractivity contribution is 9.10. The Hall–Kier alpha value is -2.49. The van der Waals surface area contributed by atoms with Crippen molar-refractivity contribution in [1.29, 1.82) is 0 Å². The van der Waals surface area contributed by atoms with Gasteiger partial charge in [0.05, 0.1) is 11.2 Å². The molecule has 31 heavy (non-hydrogen) atoms. The number of anilines is 1. The van der Waals surface area contributed by atoms with Crippen LogP contribution >= 0.6 is 15.9 Å². The molecule has 0 unspecified atom stereocenters. The Balaban J connectivity index is 1.39. The average molecular weight is 502 g/mol. The molecule has 2 aromatic carbocycles. The van der Waals surface area contributed by atoms with E-state index < -0.39 is 10.0 Å². The molecule has 1 amide bonds. The summed E-state index contributed by atoms with van der Waals surface area (Å²) in [5.74, 6) is 0. The van der Waals surface area contributed by atoms with E-state index in [2.05, 4.69) is 20.9 Å². The first-order chi connectivity index (χ1) is 14.9. The summed E-state index contributed by atoms with van der Waals surface area (Å²) in [7, 11) is -3.69. The first-order valence-corrected chi connectivity index (χ1v) is 12.3. The van der Waals surface area contributed by atoms with Crippen molar-refractivity contribution >= 4 is 48.6 Å². The summed E-state index contributed by atoms with van der Waals surface area (Å²) < 4.78 is 34.5. The monoisotopic (exact) mass is 501 g/mol. The summed E-state index contributed by atoms with van der Waals surface area (Å²) in [4.78, 5) is 18.7. The normalized spacial score (nSPS) is 18.1. The summed E-state index contributed by atoms with van der Waals surface area (Å²) >= 11 is 3.45. The molecule has 0 saturated carbocycles. The van der Waals surface area contributed by atoms with Crippen molar-refractivity contribution in [3.63, 3.8) is 0 Å². The Bertz CT molecular complexity index is 1270. The number of halogens is 1. The summed E-state index contributed by atoms with van der Waals surface area (Å²) in [6.45, 7) is 0.892. The van der Waals surface area contributed by atoms with Crippen LogP contribution in [0.5, 0.6) is 0 Å². The number of para-hydroxylation sites is 1. The van der Waals surface area contributed by atoms with Crippen LogP contribution in [0.3, 0.4) is 0 Å². The fourth-order valence-electron chi connectivity index (χ4n) is 4.32. The number of benzene rings is 2. The third-order valence-electron chi connectivity index (χ3n) is 5.85. The van der Waals surface area contributed by atoms with Crippen LogP contribution in [0.25, 0.3) is 10.9 Å². The zero-order chi connectivity index (χ0) is 21.6. The number of carbonyl (C=O) groups is 1. The lowest BCUT2D eigenvalue weighted by molar-refractivity contribution is 0.135. The first kappa shape index (κ1) is 20.4. The van der Waals surface area contributed by atoms with Gasteiger partial charge in [-0.1, -0.05) is 34.1 Å². The van der Waals surface area contributed by atoms with E-state index in [4.69, 9.17) is 4.74 Å². The molecule has 9 heteroatoms. The highest BCUT2D eigenvalue weighted by Gasteiger charge is 2.37. The highest BCUT2D eigenvalue weighted by Crippen LogP contribution is 2.35. The van der Waals surface area contributed by atoms with Crippen molar-refractivity contribution < 1.29 is 17.9 Å². The SMILES string of the molecule is O=C1OCc2cc(Br)ccc2N1C1CCN(S(=O)(=O)c2cccc3cccnc23)CC1. The topological polar surface area (TPSA) is 79.8 Å². The number of aromatic nitrogens is 1. The number of fused-ring (bicyclic) bond motifs is 2. The van der Waals surface area contributed by atoms with Crippen LogP contribution in [0, 0.1) is 0 Å². The zero-order valence-corrected chi connectivity index (χ0v) is 19.0. The second kappa shape index (κ2) is 7.89. The number of amides is 1. The van der Waals surface area contributed by atoms with E-state index in [1.165, 1.54) is 4.31 Å². The number of hydrogen-bond acceptors (Lipinski definition) is 5. The van der Waals surface area contributed by atoms with Gasteiger partial charge in [0.15, 0.2) is 0 Å². The number of ether oxygens (including phenoxy) is 1. The Kier molecular flexibility index (Phi) is 5.19. The van der Waals surface area contributed by atoms with Crippen LogP contribution < -0.4 is 4.90 Å².